The number of carbonyl (C=O) groups is 4. The van der Waals surface area contributed by atoms with Crippen LogP contribution in [0.15, 0.2) is 79.1 Å². The first-order valence-electron chi connectivity index (χ1n) is 22.3. The molecule has 5 amide bonds. The number of ether oxygens (including phenoxy) is 1. The average molecular weight is 852 g/mol. The molecule has 0 aliphatic carbocycles. The van der Waals surface area contributed by atoms with Gasteiger partial charge in [-0.3, -0.25) is 24.6 Å². The number of nitrogens with two attached hydrogens (primary N) is 1. The van der Waals surface area contributed by atoms with Crippen molar-refractivity contribution in [2.45, 2.75) is 63.1 Å². The highest BCUT2D eigenvalue weighted by Gasteiger charge is 2.39. The van der Waals surface area contributed by atoms with Crippen LogP contribution in [0.5, 0.6) is 11.5 Å². The van der Waals surface area contributed by atoms with Crippen molar-refractivity contribution in [1.82, 2.24) is 49.6 Å². The maximum Gasteiger partial charge on any atom is 0.320 e. The smallest absolute Gasteiger partial charge is 0.320 e. The molecule has 0 bridgehead atoms. The molecule has 3 aromatic carbocycles. The van der Waals surface area contributed by atoms with Crippen molar-refractivity contribution in [2.24, 2.45) is 0 Å². The molecule has 4 saturated heterocycles. The van der Waals surface area contributed by atoms with E-state index in [1.54, 1.807) is 4.90 Å². The quantitative estimate of drug-likeness (QED) is 0.194. The highest BCUT2D eigenvalue weighted by atomic mass is 16.5. The molecule has 326 valence electrons. The molecule has 5 aliphatic rings. The van der Waals surface area contributed by atoms with Crippen molar-refractivity contribution in [3.8, 4) is 22.8 Å². The molecular weight excluding hydrogens is 799 g/mol. The molecule has 5 aliphatic heterocycles. The van der Waals surface area contributed by atoms with Crippen molar-refractivity contribution in [3.63, 3.8) is 0 Å². The van der Waals surface area contributed by atoms with Gasteiger partial charge in [-0.05, 0) is 105 Å². The maximum absolute atomic E-state index is 14.0. The molecule has 10 rings (SSSR count). The Labute approximate surface area is 366 Å². The number of nitrogen functional groups attached to an aromatic ring is 1. The summed E-state index contributed by atoms with van der Waals surface area (Å²) in [6, 6.07) is 23.0. The van der Waals surface area contributed by atoms with Crippen LogP contribution in [0.4, 0.5) is 10.6 Å². The van der Waals surface area contributed by atoms with Crippen LogP contribution in [0.1, 0.15) is 72.0 Å². The molecule has 3 N–H and O–H groups in total. The Morgan fingerprint density at radius 2 is 1.54 bits per heavy atom. The zero-order valence-electron chi connectivity index (χ0n) is 35.4. The summed E-state index contributed by atoms with van der Waals surface area (Å²) in [5.41, 5.74) is 11.6. The van der Waals surface area contributed by atoms with Gasteiger partial charge in [0.25, 0.3) is 5.91 Å². The summed E-state index contributed by atoms with van der Waals surface area (Å²) in [7, 11) is 0. The topological polar surface area (TPSA) is 175 Å². The third-order valence-corrected chi connectivity index (χ3v) is 13.6. The van der Waals surface area contributed by atoms with Crippen molar-refractivity contribution >= 4 is 40.6 Å². The number of fused-ring (bicyclic) bond motifs is 2. The molecular formula is C47H53N11O5. The Hall–Kier alpha value is -6.39. The lowest BCUT2D eigenvalue weighted by molar-refractivity contribution is -0.136. The molecule has 16 nitrogen and oxygen atoms in total. The lowest BCUT2D eigenvalue weighted by atomic mass is 9.88. The lowest BCUT2D eigenvalue weighted by Gasteiger charge is -2.41. The molecule has 16 heteroatoms. The molecule has 4 fully saturated rings. The summed E-state index contributed by atoms with van der Waals surface area (Å²) in [6.07, 6.45) is 5.94. The molecule has 7 heterocycles. The lowest BCUT2D eigenvalue weighted by Crippen LogP contribution is -2.55. The van der Waals surface area contributed by atoms with E-state index in [1.165, 1.54) is 11.9 Å². The summed E-state index contributed by atoms with van der Waals surface area (Å²) in [6.45, 7) is 8.75. The number of hydrogen-bond donors (Lipinski definition) is 2. The van der Waals surface area contributed by atoms with E-state index >= 15 is 0 Å². The number of rotatable bonds is 9. The van der Waals surface area contributed by atoms with E-state index < -0.39 is 6.04 Å². The van der Waals surface area contributed by atoms with E-state index in [4.69, 9.17) is 15.6 Å². The molecule has 0 spiro atoms. The van der Waals surface area contributed by atoms with Gasteiger partial charge in [0.1, 0.15) is 35.4 Å². The number of para-hydroxylation sites is 1. The number of anilines is 1. The fourth-order valence-electron chi connectivity index (χ4n) is 10.1. The van der Waals surface area contributed by atoms with E-state index in [0.29, 0.717) is 73.2 Å². The predicted molar refractivity (Wildman–Crippen MR) is 236 cm³/mol. The highest BCUT2D eigenvalue weighted by Crippen LogP contribution is 2.36. The van der Waals surface area contributed by atoms with Crippen LogP contribution in [0.3, 0.4) is 0 Å². The number of imide groups is 1. The van der Waals surface area contributed by atoms with Gasteiger partial charge < -0.3 is 30.1 Å². The number of piperazine rings is 1. The van der Waals surface area contributed by atoms with Crippen LogP contribution in [0.2, 0.25) is 0 Å². The van der Waals surface area contributed by atoms with Crippen LogP contribution < -0.4 is 15.8 Å². The summed E-state index contributed by atoms with van der Waals surface area (Å²) in [5.74, 6) is 1.49. The van der Waals surface area contributed by atoms with Gasteiger partial charge >= 0.3 is 6.03 Å². The third kappa shape index (κ3) is 8.32. The largest absolute Gasteiger partial charge is 0.457 e. The minimum absolute atomic E-state index is 0.0541. The Bertz CT molecular complexity index is 2510. The first-order valence-corrected chi connectivity index (χ1v) is 22.3. The standard InChI is InChI=1S/C47H53N11O5/c48-43-41-42(32-8-11-37(12-9-32)63-36-6-2-1-3-7-36)52-58(44(41)50-30-49-43)35-5-4-18-56(29-35)47(62)55-25-23-54(24-26-55)22-21-53-19-16-31(17-20-53)33-10-13-38-34(27-33)28-57(46(38)61)39-14-15-40(59)51-45(39)60/h1-3,6-13,27,30-31,35,39H,4-5,14-26,28-29H2,(H2,48,49,50)(H,51,59,60)/t35-,39?/m1/s1. The SMILES string of the molecule is Nc1ncnc2c1c(-c1ccc(Oc3ccccc3)cc1)nn2[C@@H]1CCCN(C(=O)N2CCN(CCN3CCC(c4ccc5c(c4)CN(C4CCC(=O)NC4=O)C5=O)CC3)CC2)C1. The van der Waals surface area contributed by atoms with Gasteiger partial charge in [0.2, 0.25) is 11.8 Å². The minimum atomic E-state index is -0.597. The van der Waals surface area contributed by atoms with Gasteiger partial charge in [-0.25, -0.2) is 19.4 Å². The van der Waals surface area contributed by atoms with E-state index in [9.17, 15) is 19.2 Å². The van der Waals surface area contributed by atoms with Crippen LogP contribution in [0.25, 0.3) is 22.3 Å². The molecule has 5 aromatic rings. The van der Waals surface area contributed by atoms with E-state index in [0.717, 1.165) is 87.6 Å². The average Bonchev–Trinajstić information content (AvgIpc) is 3.87. The fraction of sp³-hybridized carbons (Fsp3) is 0.426. The van der Waals surface area contributed by atoms with Gasteiger partial charge in [-0.15, -0.1) is 0 Å². The highest BCUT2D eigenvalue weighted by molar-refractivity contribution is 6.05. The molecule has 0 saturated carbocycles. The zero-order chi connectivity index (χ0) is 43.0. The Kier molecular flexibility index (Phi) is 11.2. The molecule has 63 heavy (non-hydrogen) atoms. The number of aromatic nitrogens is 4. The summed E-state index contributed by atoms with van der Waals surface area (Å²) in [5, 5.41) is 8.18. The molecule has 1 unspecified atom stereocenters. The number of hydrogen-bond acceptors (Lipinski definition) is 11. The minimum Gasteiger partial charge on any atom is -0.457 e. The number of urea groups is 1. The summed E-state index contributed by atoms with van der Waals surface area (Å²) in [4.78, 5) is 70.9. The van der Waals surface area contributed by atoms with Crippen LogP contribution in [-0.2, 0) is 16.1 Å². The maximum atomic E-state index is 14.0. The van der Waals surface area contributed by atoms with Gasteiger partial charge in [0.15, 0.2) is 5.65 Å². The summed E-state index contributed by atoms with van der Waals surface area (Å²) >= 11 is 0. The fourth-order valence-corrected chi connectivity index (χ4v) is 10.1. The summed E-state index contributed by atoms with van der Waals surface area (Å²) < 4.78 is 7.96. The zero-order valence-corrected chi connectivity index (χ0v) is 35.4. The van der Waals surface area contributed by atoms with Crippen molar-refractivity contribution in [2.75, 3.05) is 71.2 Å². The predicted octanol–water partition coefficient (Wildman–Crippen LogP) is 4.88. The first kappa shape index (κ1) is 40.7. The monoisotopic (exact) mass is 851 g/mol. The normalized spacial score (nSPS) is 21.5. The first-order chi connectivity index (χ1) is 30.8. The molecule has 0 radical (unpaired) electrons. The number of amides is 5. The van der Waals surface area contributed by atoms with Crippen molar-refractivity contribution < 1.29 is 23.9 Å². The van der Waals surface area contributed by atoms with Crippen LogP contribution in [0, 0.1) is 0 Å². The van der Waals surface area contributed by atoms with Crippen molar-refractivity contribution in [3.05, 3.63) is 95.8 Å². The van der Waals surface area contributed by atoms with E-state index in [1.807, 2.05) is 75.1 Å². The Morgan fingerprint density at radius 1 is 0.794 bits per heavy atom. The van der Waals surface area contributed by atoms with Crippen LogP contribution in [-0.4, -0.2) is 139 Å². The van der Waals surface area contributed by atoms with Gasteiger partial charge in [0.05, 0.1) is 11.4 Å². The van der Waals surface area contributed by atoms with Gasteiger partial charge in [0, 0.05) is 76.5 Å². The second-order valence-electron chi connectivity index (χ2n) is 17.5. The van der Waals surface area contributed by atoms with Crippen molar-refractivity contribution in [1.29, 1.82) is 0 Å². The van der Waals surface area contributed by atoms with Gasteiger partial charge in [-0.2, -0.15) is 5.10 Å². The number of nitrogens with one attached hydrogen (secondary N) is 1. The van der Waals surface area contributed by atoms with Gasteiger partial charge in [-0.1, -0.05) is 30.3 Å². The van der Waals surface area contributed by atoms with Crippen LogP contribution >= 0.6 is 0 Å². The third-order valence-electron chi connectivity index (χ3n) is 13.6. The van der Waals surface area contributed by atoms with E-state index in [2.05, 4.69) is 37.2 Å². The number of likely N-dealkylation sites (tertiary alicyclic amines) is 2. The second-order valence-corrected chi connectivity index (χ2v) is 17.5. The number of nitrogens with zero attached hydrogens (tertiary/aromatic N) is 9. The molecule has 2 atom stereocenters. The number of piperidine rings is 3. The molecule has 2 aromatic heterocycles. The number of carbonyl (C=O) groups excluding carboxylic acids is 4. The Balaban J connectivity index is 0.700. The second kappa shape index (κ2) is 17.4. The Morgan fingerprint density at radius 3 is 2.30 bits per heavy atom. The van der Waals surface area contributed by atoms with E-state index in [-0.39, 0.29) is 36.2 Å². The number of benzene rings is 3.